The van der Waals surface area contributed by atoms with Crippen LogP contribution in [0, 0.1) is 16.7 Å². The molecule has 0 bridgehead atoms. The highest BCUT2D eigenvalue weighted by molar-refractivity contribution is 7.90. The Hall–Kier alpha value is -1.09. The van der Waals surface area contributed by atoms with Gasteiger partial charge in [-0.3, -0.25) is 9.52 Å². The summed E-state index contributed by atoms with van der Waals surface area (Å²) < 4.78 is 24.9. The Morgan fingerprint density at radius 2 is 2.13 bits per heavy atom. The molecular weight excluding hydrogens is 216 g/mol. The summed E-state index contributed by atoms with van der Waals surface area (Å²) in [5, 5.41) is 8.86. The summed E-state index contributed by atoms with van der Waals surface area (Å²) in [6, 6.07) is 2.03. The van der Waals surface area contributed by atoms with Crippen LogP contribution in [0.2, 0.25) is 0 Å². The third-order valence-electron chi connectivity index (χ3n) is 2.60. The van der Waals surface area contributed by atoms with E-state index in [2.05, 4.69) is 0 Å². The van der Waals surface area contributed by atoms with Gasteiger partial charge in [0, 0.05) is 6.42 Å². The average molecular weight is 230 g/mol. The molecule has 0 unspecified atom stereocenters. The molecule has 6 heteroatoms. The van der Waals surface area contributed by atoms with Gasteiger partial charge in [0.25, 0.3) is 0 Å². The summed E-state index contributed by atoms with van der Waals surface area (Å²) in [6.45, 7) is 1.58. The quantitative estimate of drug-likeness (QED) is 0.763. The van der Waals surface area contributed by atoms with E-state index in [1.54, 1.807) is 6.92 Å². The lowest BCUT2D eigenvalue weighted by Crippen LogP contribution is -2.42. The maximum Gasteiger partial charge on any atom is 0.236 e. The first-order chi connectivity index (χ1) is 6.93. The molecule has 84 valence electrons. The second kappa shape index (κ2) is 4.19. The van der Waals surface area contributed by atoms with E-state index in [-0.39, 0.29) is 12.2 Å². The highest BCUT2D eigenvalue weighted by atomic mass is 32.2. The van der Waals surface area contributed by atoms with Gasteiger partial charge in [-0.25, -0.2) is 8.42 Å². The molecule has 1 aliphatic carbocycles. The minimum absolute atomic E-state index is 0.124. The van der Waals surface area contributed by atoms with Gasteiger partial charge in [0.1, 0.15) is 0 Å². The third kappa shape index (κ3) is 2.93. The largest absolute Gasteiger partial charge is 0.274 e. The van der Waals surface area contributed by atoms with Gasteiger partial charge in [-0.05, 0) is 12.8 Å². The summed E-state index contributed by atoms with van der Waals surface area (Å²) in [5.74, 6) is -0.787. The Morgan fingerprint density at radius 1 is 1.53 bits per heavy atom. The van der Waals surface area contributed by atoms with Gasteiger partial charge in [0.2, 0.25) is 15.9 Å². The zero-order chi connectivity index (χ0) is 11.5. The van der Waals surface area contributed by atoms with E-state index in [9.17, 15) is 13.2 Å². The lowest BCUT2D eigenvalue weighted by Gasteiger charge is -2.34. The van der Waals surface area contributed by atoms with Crippen LogP contribution in [-0.2, 0) is 14.8 Å². The Labute approximate surface area is 89.5 Å². The maximum absolute atomic E-state index is 11.5. The molecule has 1 N–H and O–H groups in total. The molecule has 0 radical (unpaired) electrons. The molecule has 0 aromatic carbocycles. The van der Waals surface area contributed by atoms with Crippen LogP contribution in [0.5, 0.6) is 0 Å². The monoisotopic (exact) mass is 230 g/mol. The van der Waals surface area contributed by atoms with E-state index in [0.29, 0.717) is 12.8 Å². The van der Waals surface area contributed by atoms with Crippen molar-refractivity contribution in [2.24, 2.45) is 5.41 Å². The molecule has 1 amide bonds. The van der Waals surface area contributed by atoms with Gasteiger partial charge in [0.15, 0.2) is 0 Å². The molecule has 0 atom stereocenters. The van der Waals surface area contributed by atoms with E-state index in [1.165, 1.54) is 0 Å². The van der Waals surface area contributed by atoms with E-state index in [1.807, 2.05) is 10.8 Å². The first-order valence-electron chi connectivity index (χ1n) is 4.88. The molecule has 1 rings (SSSR count). The van der Waals surface area contributed by atoms with Crippen LogP contribution >= 0.6 is 0 Å². The fraction of sp³-hybridized carbons (Fsp3) is 0.778. The summed E-state index contributed by atoms with van der Waals surface area (Å²) in [4.78, 5) is 10.9. The van der Waals surface area contributed by atoms with E-state index in [0.717, 1.165) is 6.42 Å². The zero-order valence-corrected chi connectivity index (χ0v) is 9.43. The number of hydrogen-bond acceptors (Lipinski definition) is 4. The summed E-state index contributed by atoms with van der Waals surface area (Å²) in [5.41, 5.74) is -0.764. The van der Waals surface area contributed by atoms with Crippen LogP contribution < -0.4 is 4.72 Å². The number of carbonyl (C=O) groups excluding carboxylic acids is 1. The van der Waals surface area contributed by atoms with Gasteiger partial charge >= 0.3 is 0 Å². The minimum atomic E-state index is -3.65. The molecule has 15 heavy (non-hydrogen) atoms. The Kier molecular flexibility index (Phi) is 3.35. The number of sulfonamides is 1. The second-order valence-corrected chi connectivity index (χ2v) is 5.61. The van der Waals surface area contributed by atoms with Crippen LogP contribution in [0.25, 0.3) is 0 Å². The van der Waals surface area contributed by atoms with Crippen molar-refractivity contribution in [2.75, 3.05) is 5.75 Å². The van der Waals surface area contributed by atoms with Gasteiger partial charge in [-0.2, -0.15) is 5.26 Å². The highest BCUT2D eigenvalue weighted by Gasteiger charge is 2.41. The van der Waals surface area contributed by atoms with Crippen molar-refractivity contribution in [2.45, 2.75) is 32.6 Å². The van der Waals surface area contributed by atoms with Crippen molar-refractivity contribution in [3.8, 4) is 6.07 Å². The van der Waals surface area contributed by atoms with Crippen molar-refractivity contribution >= 4 is 15.9 Å². The van der Waals surface area contributed by atoms with Gasteiger partial charge in [-0.1, -0.05) is 13.3 Å². The van der Waals surface area contributed by atoms with Crippen molar-refractivity contribution < 1.29 is 13.2 Å². The lowest BCUT2D eigenvalue weighted by atomic mass is 9.72. The molecule has 5 nitrogen and oxygen atoms in total. The highest BCUT2D eigenvalue weighted by Crippen LogP contribution is 2.41. The van der Waals surface area contributed by atoms with Crippen LogP contribution in [0.4, 0.5) is 0 Å². The van der Waals surface area contributed by atoms with Crippen LogP contribution in [0.15, 0.2) is 0 Å². The van der Waals surface area contributed by atoms with E-state index >= 15 is 0 Å². The van der Waals surface area contributed by atoms with Crippen LogP contribution in [-0.4, -0.2) is 20.1 Å². The molecule has 0 aromatic heterocycles. The van der Waals surface area contributed by atoms with Crippen LogP contribution in [0.3, 0.4) is 0 Å². The second-order valence-electron chi connectivity index (χ2n) is 3.88. The van der Waals surface area contributed by atoms with E-state index < -0.39 is 21.3 Å². The number of rotatable bonds is 4. The molecule has 0 saturated heterocycles. The van der Waals surface area contributed by atoms with E-state index in [4.69, 9.17) is 5.26 Å². The standard InChI is InChI=1S/C9H14N2O3S/c1-2-8(12)11-15(13,14)7-9(6-10)4-3-5-9/h2-5,7H2,1H3,(H,11,12). The maximum atomic E-state index is 11.5. The topological polar surface area (TPSA) is 87.0 Å². The molecule has 1 saturated carbocycles. The lowest BCUT2D eigenvalue weighted by molar-refractivity contribution is -0.119. The SMILES string of the molecule is CCC(=O)NS(=O)(=O)CC1(C#N)CCC1. The average Bonchev–Trinajstić information content (AvgIpc) is 2.10. The first kappa shape index (κ1) is 12.0. The fourth-order valence-electron chi connectivity index (χ4n) is 1.54. The number of carbonyl (C=O) groups is 1. The predicted octanol–water partition coefficient (Wildman–Crippen LogP) is 0.536. The molecule has 1 aliphatic rings. The van der Waals surface area contributed by atoms with Crippen LogP contribution in [0.1, 0.15) is 32.6 Å². The number of nitriles is 1. The Morgan fingerprint density at radius 3 is 2.47 bits per heavy atom. The summed E-state index contributed by atoms with van der Waals surface area (Å²) in [6.07, 6.45) is 2.21. The first-order valence-corrected chi connectivity index (χ1v) is 6.53. The Bertz CT molecular complexity index is 390. The summed E-state index contributed by atoms with van der Waals surface area (Å²) >= 11 is 0. The van der Waals surface area contributed by atoms with Gasteiger partial charge < -0.3 is 0 Å². The zero-order valence-electron chi connectivity index (χ0n) is 8.62. The Balaban J connectivity index is 2.65. The smallest absolute Gasteiger partial charge is 0.236 e. The van der Waals surface area contributed by atoms with Gasteiger partial charge in [-0.15, -0.1) is 0 Å². The molecule has 0 aromatic rings. The summed E-state index contributed by atoms with van der Waals surface area (Å²) in [7, 11) is -3.65. The molecule has 1 fully saturated rings. The number of nitrogens with zero attached hydrogens (tertiary/aromatic N) is 1. The number of nitrogens with one attached hydrogen (secondary N) is 1. The van der Waals surface area contributed by atoms with Crippen molar-refractivity contribution in [1.82, 2.24) is 4.72 Å². The van der Waals surface area contributed by atoms with Crippen molar-refractivity contribution in [3.05, 3.63) is 0 Å². The minimum Gasteiger partial charge on any atom is -0.274 e. The van der Waals surface area contributed by atoms with Crippen molar-refractivity contribution in [1.29, 1.82) is 5.26 Å². The predicted molar refractivity (Wildman–Crippen MR) is 54.1 cm³/mol. The van der Waals surface area contributed by atoms with Crippen molar-refractivity contribution in [3.63, 3.8) is 0 Å². The number of hydrogen-bond donors (Lipinski definition) is 1. The molecule has 0 heterocycles. The third-order valence-corrected chi connectivity index (χ3v) is 4.08. The number of amides is 1. The van der Waals surface area contributed by atoms with Gasteiger partial charge in [0.05, 0.1) is 17.2 Å². The normalized spacial score (nSPS) is 18.7. The molecule has 0 spiro atoms. The molecule has 0 aliphatic heterocycles. The fourth-order valence-corrected chi connectivity index (χ4v) is 3.18. The molecular formula is C9H14N2O3S.